The number of nitrogens with zero attached hydrogens (tertiary/aromatic N) is 1. The third-order valence-corrected chi connectivity index (χ3v) is 4.58. The van der Waals surface area contributed by atoms with E-state index in [1.165, 1.54) is 29.5 Å². The molecule has 2 rings (SSSR count). The molecule has 1 aliphatic rings. The van der Waals surface area contributed by atoms with Gasteiger partial charge >= 0.3 is 0 Å². The van der Waals surface area contributed by atoms with Crippen molar-refractivity contribution in [2.24, 2.45) is 0 Å². The number of ether oxygens (including phenoxy) is 1. The second-order valence-electron chi connectivity index (χ2n) is 6.02. The van der Waals surface area contributed by atoms with Crippen LogP contribution < -0.4 is 4.74 Å². The Morgan fingerprint density at radius 1 is 1.19 bits per heavy atom. The molecule has 0 amide bonds. The molecule has 1 unspecified atom stereocenters. The average molecular weight is 291 g/mol. The van der Waals surface area contributed by atoms with Crippen LogP contribution in [0.15, 0.2) is 12.1 Å². The highest BCUT2D eigenvalue weighted by molar-refractivity contribution is 5.45. The molecule has 3 nitrogen and oxygen atoms in total. The lowest BCUT2D eigenvalue weighted by atomic mass is 9.94. The Hall–Kier alpha value is -1.06. The number of hydrogen-bond acceptors (Lipinski definition) is 3. The molecule has 0 spiro atoms. The molecule has 0 saturated carbocycles. The van der Waals surface area contributed by atoms with E-state index < -0.39 is 0 Å². The molecule has 1 N–H and O–H groups in total. The number of aliphatic hydroxyl groups is 1. The first-order valence-electron chi connectivity index (χ1n) is 8.26. The van der Waals surface area contributed by atoms with Gasteiger partial charge in [0.15, 0.2) is 0 Å². The van der Waals surface area contributed by atoms with Gasteiger partial charge in [0.25, 0.3) is 0 Å². The van der Waals surface area contributed by atoms with Crippen LogP contribution in [0.4, 0.5) is 0 Å². The van der Waals surface area contributed by atoms with E-state index in [0.717, 1.165) is 38.3 Å². The molecule has 21 heavy (non-hydrogen) atoms. The summed E-state index contributed by atoms with van der Waals surface area (Å²) in [6, 6.07) is 4.65. The van der Waals surface area contributed by atoms with Crippen LogP contribution in [0, 0.1) is 13.8 Å². The summed E-state index contributed by atoms with van der Waals surface area (Å²) in [4.78, 5) is 2.52. The molecule has 1 fully saturated rings. The molecule has 1 aromatic rings. The minimum absolute atomic E-state index is 0.244. The third-order valence-electron chi connectivity index (χ3n) is 4.58. The largest absolute Gasteiger partial charge is 0.493 e. The summed E-state index contributed by atoms with van der Waals surface area (Å²) >= 11 is 0. The van der Waals surface area contributed by atoms with E-state index in [-0.39, 0.29) is 6.61 Å². The fraction of sp³-hybridized carbons (Fsp3) is 0.667. The predicted molar refractivity (Wildman–Crippen MR) is 87.0 cm³/mol. The number of likely N-dealkylation sites (tertiary alicyclic amines) is 1. The number of rotatable bonds is 7. The van der Waals surface area contributed by atoms with Crippen molar-refractivity contribution in [1.82, 2.24) is 4.90 Å². The molecule has 1 atom stereocenters. The summed E-state index contributed by atoms with van der Waals surface area (Å²) in [5.41, 5.74) is 3.91. The first-order valence-corrected chi connectivity index (χ1v) is 8.26. The normalized spacial score (nSPS) is 17.1. The molecule has 1 aromatic carbocycles. The summed E-state index contributed by atoms with van der Waals surface area (Å²) in [7, 11) is 0. The van der Waals surface area contributed by atoms with Crippen molar-refractivity contribution in [2.75, 3.05) is 26.3 Å². The Bertz CT molecular complexity index is 453. The summed E-state index contributed by atoms with van der Waals surface area (Å²) in [5.74, 6) is 1.00. The van der Waals surface area contributed by atoms with Crippen LogP contribution in [-0.2, 0) is 0 Å². The van der Waals surface area contributed by atoms with Gasteiger partial charge in [-0.15, -0.1) is 0 Å². The zero-order chi connectivity index (χ0) is 15.2. The zero-order valence-corrected chi connectivity index (χ0v) is 13.7. The van der Waals surface area contributed by atoms with Gasteiger partial charge in [0.05, 0.1) is 6.61 Å². The SMILES string of the molecule is CCCOc1ccc(C(CCO)N2CCCC2)c(C)c1C. The Morgan fingerprint density at radius 2 is 1.90 bits per heavy atom. The van der Waals surface area contributed by atoms with Crippen LogP contribution in [0.1, 0.15) is 55.3 Å². The fourth-order valence-electron chi connectivity index (χ4n) is 3.26. The van der Waals surface area contributed by atoms with Crippen molar-refractivity contribution in [2.45, 2.75) is 52.5 Å². The van der Waals surface area contributed by atoms with Gasteiger partial charge in [-0.1, -0.05) is 13.0 Å². The maximum Gasteiger partial charge on any atom is 0.122 e. The monoisotopic (exact) mass is 291 g/mol. The standard InChI is InChI=1S/C18H29NO2/c1-4-13-21-18-8-7-16(14(2)15(18)3)17(9-12-20)19-10-5-6-11-19/h7-8,17,20H,4-6,9-13H2,1-3H3. The van der Waals surface area contributed by atoms with Crippen molar-refractivity contribution in [3.05, 3.63) is 28.8 Å². The van der Waals surface area contributed by atoms with Gasteiger partial charge < -0.3 is 9.84 Å². The predicted octanol–water partition coefficient (Wildman–Crippen LogP) is 3.61. The number of hydrogen-bond donors (Lipinski definition) is 1. The third kappa shape index (κ3) is 3.78. The van der Waals surface area contributed by atoms with E-state index >= 15 is 0 Å². The zero-order valence-electron chi connectivity index (χ0n) is 13.7. The van der Waals surface area contributed by atoms with Gasteiger partial charge in [-0.05, 0) is 75.4 Å². The molecule has 1 saturated heterocycles. The van der Waals surface area contributed by atoms with Crippen molar-refractivity contribution in [3.63, 3.8) is 0 Å². The lowest BCUT2D eigenvalue weighted by Gasteiger charge is -2.29. The van der Waals surface area contributed by atoms with Crippen LogP contribution in [0.5, 0.6) is 5.75 Å². The molecular weight excluding hydrogens is 262 g/mol. The molecule has 1 aliphatic heterocycles. The number of benzene rings is 1. The molecular formula is C18H29NO2. The Morgan fingerprint density at radius 3 is 2.52 bits per heavy atom. The Labute approximate surface area is 128 Å². The first-order chi connectivity index (χ1) is 10.2. The van der Waals surface area contributed by atoms with Crippen molar-refractivity contribution >= 4 is 0 Å². The van der Waals surface area contributed by atoms with E-state index in [1.807, 2.05) is 0 Å². The smallest absolute Gasteiger partial charge is 0.122 e. The quantitative estimate of drug-likeness (QED) is 0.833. The van der Waals surface area contributed by atoms with Crippen molar-refractivity contribution in [3.8, 4) is 5.75 Å². The van der Waals surface area contributed by atoms with Crippen LogP contribution in [0.25, 0.3) is 0 Å². The van der Waals surface area contributed by atoms with Gasteiger partial charge in [-0.25, -0.2) is 0 Å². The molecule has 0 bridgehead atoms. The second-order valence-corrected chi connectivity index (χ2v) is 6.02. The Kier molecular flexibility index (Phi) is 6.07. The van der Waals surface area contributed by atoms with Crippen LogP contribution >= 0.6 is 0 Å². The Balaban J connectivity index is 2.25. The second kappa shape index (κ2) is 7.81. The maximum absolute atomic E-state index is 9.44. The first kappa shape index (κ1) is 16.3. The van der Waals surface area contributed by atoms with Gasteiger partial charge in [-0.2, -0.15) is 0 Å². The molecule has 0 aromatic heterocycles. The summed E-state index contributed by atoms with van der Waals surface area (Å²) in [6.07, 6.45) is 4.39. The van der Waals surface area contributed by atoms with Gasteiger partial charge in [-0.3, -0.25) is 4.90 Å². The van der Waals surface area contributed by atoms with Gasteiger partial charge in [0.1, 0.15) is 5.75 Å². The van der Waals surface area contributed by atoms with E-state index in [4.69, 9.17) is 4.74 Å². The van der Waals surface area contributed by atoms with Crippen LogP contribution in [0.2, 0.25) is 0 Å². The van der Waals surface area contributed by atoms with Crippen LogP contribution in [-0.4, -0.2) is 36.3 Å². The molecule has 3 heteroatoms. The molecule has 118 valence electrons. The van der Waals surface area contributed by atoms with Gasteiger partial charge in [0.2, 0.25) is 0 Å². The summed E-state index contributed by atoms with van der Waals surface area (Å²) in [6.45, 7) is 9.77. The maximum atomic E-state index is 9.44. The van der Waals surface area contributed by atoms with E-state index in [2.05, 4.69) is 37.8 Å². The lowest BCUT2D eigenvalue weighted by molar-refractivity contribution is 0.184. The molecule has 0 radical (unpaired) electrons. The minimum atomic E-state index is 0.244. The molecule has 0 aliphatic carbocycles. The molecule has 1 heterocycles. The van der Waals surface area contributed by atoms with E-state index in [0.29, 0.717) is 6.04 Å². The highest BCUT2D eigenvalue weighted by Gasteiger charge is 2.25. The highest BCUT2D eigenvalue weighted by Crippen LogP contribution is 2.34. The number of aliphatic hydroxyl groups excluding tert-OH is 1. The highest BCUT2D eigenvalue weighted by atomic mass is 16.5. The van der Waals surface area contributed by atoms with Crippen LogP contribution in [0.3, 0.4) is 0 Å². The lowest BCUT2D eigenvalue weighted by Crippen LogP contribution is -2.27. The van der Waals surface area contributed by atoms with Crippen molar-refractivity contribution < 1.29 is 9.84 Å². The summed E-state index contributed by atoms with van der Waals surface area (Å²) in [5, 5.41) is 9.44. The average Bonchev–Trinajstić information content (AvgIpc) is 3.01. The van der Waals surface area contributed by atoms with Gasteiger partial charge in [0, 0.05) is 12.6 Å². The van der Waals surface area contributed by atoms with E-state index in [1.54, 1.807) is 0 Å². The van der Waals surface area contributed by atoms with Crippen molar-refractivity contribution in [1.29, 1.82) is 0 Å². The minimum Gasteiger partial charge on any atom is -0.493 e. The fourth-order valence-corrected chi connectivity index (χ4v) is 3.26. The summed E-state index contributed by atoms with van der Waals surface area (Å²) < 4.78 is 5.82. The van der Waals surface area contributed by atoms with E-state index in [9.17, 15) is 5.11 Å². The topological polar surface area (TPSA) is 32.7 Å².